The molecule has 0 spiro atoms. The van der Waals surface area contributed by atoms with Crippen molar-refractivity contribution in [1.29, 1.82) is 0 Å². The Labute approximate surface area is 102 Å². The molecule has 17 heavy (non-hydrogen) atoms. The molecule has 2 aromatic carbocycles. The number of aromatic nitrogens is 1. The first kappa shape index (κ1) is 11.3. The summed E-state index contributed by atoms with van der Waals surface area (Å²) < 4.78 is 0. The molecule has 3 rings (SSSR count). The second kappa shape index (κ2) is 5.80. The summed E-state index contributed by atoms with van der Waals surface area (Å²) in [5.74, 6) is 0. The van der Waals surface area contributed by atoms with E-state index in [1.165, 1.54) is 5.39 Å². The summed E-state index contributed by atoms with van der Waals surface area (Å²) in [5, 5.41) is 1.20. The van der Waals surface area contributed by atoms with E-state index in [4.69, 9.17) is 0 Å². The molecule has 1 radical (unpaired) electrons. The topological polar surface area (TPSA) is 12.9 Å². The van der Waals surface area contributed by atoms with Gasteiger partial charge in [-0.1, -0.05) is 54.6 Å². The SMILES string of the molecule is [CH2]c1ccccc1.c1ccc2ncccc2c1. The second-order valence-electron chi connectivity index (χ2n) is 3.68. The summed E-state index contributed by atoms with van der Waals surface area (Å²) in [5.41, 5.74) is 2.13. The van der Waals surface area contributed by atoms with Gasteiger partial charge in [-0.15, -0.1) is 0 Å². The Bertz CT molecular complexity index is 508. The maximum Gasteiger partial charge on any atom is 0.0701 e. The van der Waals surface area contributed by atoms with Gasteiger partial charge in [-0.3, -0.25) is 4.98 Å². The Morgan fingerprint density at radius 2 is 1.35 bits per heavy atom. The maximum atomic E-state index is 4.18. The third-order valence-corrected chi connectivity index (χ3v) is 2.36. The summed E-state index contributed by atoms with van der Waals surface area (Å²) >= 11 is 0. The van der Waals surface area contributed by atoms with Gasteiger partial charge < -0.3 is 0 Å². The minimum atomic E-state index is 1.06. The smallest absolute Gasteiger partial charge is 0.0701 e. The number of benzene rings is 2. The summed E-state index contributed by atoms with van der Waals surface area (Å²) in [6, 6.07) is 22.0. The average molecular weight is 220 g/mol. The van der Waals surface area contributed by atoms with Gasteiger partial charge >= 0.3 is 0 Å². The third-order valence-electron chi connectivity index (χ3n) is 2.36. The molecule has 1 heterocycles. The molecule has 0 amide bonds. The van der Waals surface area contributed by atoms with Crippen LogP contribution in [0.3, 0.4) is 0 Å². The molecule has 0 atom stereocenters. The van der Waals surface area contributed by atoms with E-state index >= 15 is 0 Å². The number of para-hydroxylation sites is 1. The fourth-order valence-corrected chi connectivity index (χ4v) is 1.49. The molecule has 0 unspecified atom stereocenters. The first-order chi connectivity index (χ1) is 8.36. The van der Waals surface area contributed by atoms with E-state index in [1.807, 2.05) is 60.8 Å². The Balaban J connectivity index is 0.000000136. The molecule has 1 heteroatoms. The van der Waals surface area contributed by atoms with Gasteiger partial charge in [-0.25, -0.2) is 0 Å². The molecule has 0 bridgehead atoms. The van der Waals surface area contributed by atoms with E-state index in [0.29, 0.717) is 0 Å². The van der Waals surface area contributed by atoms with Crippen molar-refractivity contribution in [3.8, 4) is 0 Å². The van der Waals surface area contributed by atoms with Gasteiger partial charge in [0.2, 0.25) is 0 Å². The zero-order valence-corrected chi connectivity index (χ0v) is 9.58. The van der Waals surface area contributed by atoms with Gasteiger partial charge in [0.15, 0.2) is 0 Å². The van der Waals surface area contributed by atoms with Crippen molar-refractivity contribution in [1.82, 2.24) is 4.98 Å². The van der Waals surface area contributed by atoms with Gasteiger partial charge in [-0.2, -0.15) is 0 Å². The zero-order chi connectivity index (χ0) is 11.9. The molecule has 3 aromatic rings. The molecule has 83 valence electrons. The summed E-state index contributed by atoms with van der Waals surface area (Å²) in [6.07, 6.45) is 1.81. The molecule has 0 aliphatic carbocycles. The fraction of sp³-hybridized carbons (Fsp3) is 0. The highest BCUT2D eigenvalue weighted by Crippen LogP contribution is 2.07. The Morgan fingerprint density at radius 3 is 2.00 bits per heavy atom. The molecule has 0 saturated heterocycles. The minimum Gasteiger partial charge on any atom is -0.256 e. The molecular weight excluding hydrogens is 206 g/mol. The van der Waals surface area contributed by atoms with Crippen molar-refractivity contribution in [3.05, 3.63) is 85.4 Å². The standard InChI is InChI=1S/C9H7N.C7H7/c1-2-6-9-8(4-1)5-3-7-10-9;1-7-5-3-2-4-6-7/h1-7H;2-6H,1H2. The number of fused-ring (bicyclic) bond motifs is 1. The highest BCUT2D eigenvalue weighted by atomic mass is 14.6. The molecule has 1 aromatic heterocycles. The van der Waals surface area contributed by atoms with Gasteiger partial charge in [0.1, 0.15) is 0 Å². The molecule has 0 fully saturated rings. The predicted octanol–water partition coefficient (Wildman–Crippen LogP) is 4.10. The van der Waals surface area contributed by atoms with Crippen molar-refractivity contribution in [2.45, 2.75) is 0 Å². The first-order valence-corrected chi connectivity index (χ1v) is 5.53. The van der Waals surface area contributed by atoms with Crippen LogP contribution >= 0.6 is 0 Å². The summed E-state index contributed by atoms with van der Waals surface area (Å²) in [4.78, 5) is 4.18. The monoisotopic (exact) mass is 220 g/mol. The van der Waals surface area contributed by atoms with Gasteiger partial charge in [-0.05, 0) is 24.6 Å². The summed E-state index contributed by atoms with van der Waals surface area (Å²) in [6.45, 7) is 3.72. The van der Waals surface area contributed by atoms with Crippen LogP contribution < -0.4 is 0 Å². The van der Waals surface area contributed by atoms with Crippen molar-refractivity contribution in [3.63, 3.8) is 0 Å². The van der Waals surface area contributed by atoms with Crippen LogP contribution in [0.25, 0.3) is 10.9 Å². The molecule has 0 saturated carbocycles. The Morgan fingerprint density at radius 1 is 0.706 bits per heavy atom. The Hall–Kier alpha value is -2.15. The van der Waals surface area contributed by atoms with Crippen molar-refractivity contribution < 1.29 is 0 Å². The number of rotatable bonds is 0. The van der Waals surface area contributed by atoms with Gasteiger partial charge in [0, 0.05) is 11.6 Å². The molecular formula is C16H14N. The minimum absolute atomic E-state index is 1.06. The van der Waals surface area contributed by atoms with E-state index in [2.05, 4.69) is 24.0 Å². The number of hydrogen-bond acceptors (Lipinski definition) is 1. The highest BCUT2D eigenvalue weighted by molar-refractivity contribution is 5.77. The van der Waals surface area contributed by atoms with E-state index in [-0.39, 0.29) is 0 Å². The lowest BCUT2D eigenvalue weighted by atomic mass is 10.2. The zero-order valence-electron chi connectivity index (χ0n) is 9.58. The van der Waals surface area contributed by atoms with Crippen molar-refractivity contribution in [2.24, 2.45) is 0 Å². The molecule has 0 aliphatic rings. The van der Waals surface area contributed by atoms with Crippen LogP contribution in [0, 0.1) is 6.92 Å². The number of nitrogens with zero attached hydrogens (tertiary/aromatic N) is 1. The Kier molecular flexibility index (Phi) is 3.87. The summed E-state index contributed by atoms with van der Waals surface area (Å²) in [7, 11) is 0. The fourth-order valence-electron chi connectivity index (χ4n) is 1.49. The number of pyridine rings is 1. The van der Waals surface area contributed by atoms with Crippen LogP contribution in [0.5, 0.6) is 0 Å². The average Bonchev–Trinajstić information content (AvgIpc) is 2.41. The van der Waals surface area contributed by atoms with E-state index in [9.17, 15) is 0 Å². The largest absolute Gasteiger partial charge is 0.256 e. The second-order valence-corrected chi connectivity index (χ2v) is 3.68. The first-order valence-electron chi connectivity index (χ1n) is 5.53. The molecule has 1 nitrogen and oxygen atoms in total. The van der Waals surface area contributed by atoms with Gasteiger partial charge in [0.25, 0.3) is 0 Å². The van der Waals surface area contributed by atoms with Crippen LogP contribution in [-0.4, -0.2) is 4.98 Å². The lowest BCUT2D eigenvalue weighted by molar-refractivity contribution is 1.41. The van der Waals surface area contributed by atoms with Crippen molar-refractivity contribution >= 4 is 10.9 Å². The van der Waals surface area contributed by atoms with Crippen LogP contribution in [0.4, 0.5) is 0 Å². The number of hydrogen-bond donors (Lipinski definition) is 0. The third kappa shape index (κ3) is 3.42. The lowest BCUT2D eigenvalue weighted by Gasteiger charge is -1.91. The molecule has 0 N–H and O–H groups in total. The highest BCUT2D eigenvalue weighted by Gasteiger charge is 1.86. The van der Waals surface area contributed by atoms with E-state index in [1.54, 1.807) is 0 Å². The van der Waals surface area contributed by atoms with E-state index < -0.39 is 0 Å². The quantitative estimate of drug-likeness (QED) is 0.555. The van der Waals surface area contributed by atoms with Crippen LogP contribution in [-0.2, 0) is 0 Å². The van der Waals surface area contributed by atoms with E-state index in [0.717, 1.165) is 11.1 Å². The maximum absolute atomic E-state index is 4.18. The van der Waals surface area contributed by atoms with Crippen LogP contribution in [0.2, 0.25) is 0 Å². The lowest BCUT2D eigenvalue weighted by Crippen LogP contribution is -1.73. The van der Waals surface area contributed by atoms with Gasteiger partial charge in [0.05, 0.1) is 5.52 Å². The van der Waals surface area contributed by atoms with Crippen LogP contribution in [0.15, 0.2) is 72.9 Å². The normalized spacial score (nSPS) is 9.47. The predicted molar refractivity (Wildman–Crippen MR) is 72.6 cm³/mol. The molecule has 0 aliphatic heterocycles. The van der Waals surface area contributed by atoms with Crippen molar-refractivity contribution in [2.75, 3.05) is 0 Å². The van der Waals surface area contributed by atoms with Crippen LogP contribution in [0.1, 0.15) is 5.56 Å².